The van der Waals surface area contributed by atoms with Gasteiger partial charge in [-0.2, -0.15) is 0 Å². The largest absolute Gasteiger partial charge is 0.461 e. The SMILES string of the molecule is CCOC(=O)c1nnn(CCN2CCCCC2)c1C(F)F. The first-order chi connectivity index (χ1) is 10.1. The lowest BCUT2D eigenvalue weighted by molar-refractivity contribution is 0.0506. The van der Waals surface area contributed by atoms with Crippen LogP contribution < -0.4 is 0 Å². The average Bonchev–Trinajstić information content (AvgIpc) is 2.90. The minimum Gasteiger partial charge on any atom is -0.461 e. The molecule has 0 atom stereocenters. The summed E-state index contributed by atoms with van der Waals surface area (Å²) in [7, 11) is 0. The summed E-state index contributed by atoms with van der Waals surface area (Å²) in [5, 5.41) is 7.24. The van der Waals surface area contributed by atoms with Gasteiger partial charge in [0.2, 0.25) is 0 Å². The van der Waals surface area contributed by atoms with Crippen LogP contribution in [-0.4, -0.2) is 52.1 Å². The quantitative estimate of drug-likeness (QED) is 0.751. The predicted octanol–water partition coefficient (Wildman–Crippen LogP) is 1.88. The molecule has 0 bridgehead atoms. The van der Waals surface area contributed by atoms with Gasteiger partial charge in [0.25, 0.3) is 6.43 Å². The number of likely N-dealkylation sites (tertiary alicyclic amines) is 1. The molecule has 118 valence electrons. The van der Waals surface area contributed by atoms with Gasteiger partial charge in [-0.15, -0.1) is 5.10 Å². The van der Waals surface area contributed by atoms with Crippen molar-refractivity contribution in [1.82, 2.24) is 19.9 Å². The molecule has 1 aliphatic heterocycles. The Hall–Kier alpha value is -1.57. The van der Waals surface area contributed by atoms with Gasteiger partial charge in [0.1, 0.15) is 5.69 Å². The highest BCUT2D eigenvalue weighted by molar-refractivity contribution is 5.88. The molecule has 1 aliphatic rings. The number of ether oxygens (including phenoxy) is 1. The van der Waals surface area contributed by atoms with E-state index in [4.69, 9.17) is 4.74 Å². The van der Waals surface area contributed by atoms with Gasteiger partial charge in [-0.1, -0.05) is 11.6 Å². The summed E-state index contributed by atoms with van der Waals surface area (Å²) in [5.41, 5.74) is -0.837. The summed E-state index contributed by atoms with van der Waals surface area (Å²) in [6.07, 6.45) is 0.677. The lowest BCUT2D eigenvalue weighted by Gasteiger charge is -2.26. The van der Waals surface area contributed by atoms with Crippen LogP contribution in [0.25, 0.3) is 0 Å². The van der Waals surface area contributed by atoms with Crippen LogP contribution in [0.4, 0.5) is 8.78 Å². The number of rotatable bonds is 6. The van der Waals surface area contributed by atoms with Crippen LogP contribution in [0.2, 0.25) is 0 Å². The number of nitrogens with zero attached hydrogens (tertiary/aromatic N) is 4. The minimum atomic E-state index is -2.80. The van der Waals surface area contributed by atoms with Crippen molar-refractivity contribution in [2.24, 2.45) is 0 Å². The van der Waals surface area contributed by atoms with E-state index in [-0.39, 0.29) is 12.3 Å². The first kappa shape index (κ1) is 15.8. The number of alkyl halides is 2. The van der Waals surface area contributed by atoms with Crippen molar-refractivity contribution < 1.29 is 18.3 Å². The molecule has 0 saturated carbocycles. The molecular formula is C13H20F2N4O2. The van der Waals surface area contributed by atoms with Gasteiger partial charge in [-0.05, 0) is 32.9 Å². The van der Waals surface area contributed by atoms with E-state index in [1.165, 1.54) is 6.42 Å². The molecule has 1 aromatic heterocycles. The zero-order chi connectivity index (χ0) is 15.2. The van der Waals surface area contributed by atoms with Gasteiger partial charge in [0.05, 0.1) is 13.2 Å². The van der Waals surface area contributed by atoms with Crippen LogP contribution in [0.15, 0.2) is 0 Å². The predicted molar refractivity (Wildman–Crippen MR) is 71.2 cm³/mol. The molecule has 2 rings (SSSR count). The van der Waals surface area contributed by atoms with Crippen molar-refractivity contribution in [3.63, 3.8) is 0 Å². The number of aromatic nitrogens is 3. The second-order valence-electron chi connectivity index (χ2n) is 4.97. The van der Waals surface area contributed by atoms with Gasteiger partial charge in [-0.3, -0.25) is 0 Å². The third-order valence-electron chi connectivity index (χ3n) is 3.53. The molecule has 21 heavy (non-hydrogen) atoms. The van der Waals surface area contributed by atoms with E-state index in [0.29, 0.717) is 13.1 Å². The van der Waals surface area contributed by atoms with E-state index >= 15 is 0 Å². The topological polar surface area (TPSA) is 60.2 Å². The van der Waals surface area contributed by atoms with Crippen LogP contribution in [0.1, 0.15) is 48.8 Å². The Balaban J connectivity index is 2.06. The van der Waals surface area contributed by atoms with E-state index < -0.39 is 18.1 Å². The Morgan fingerprint density at radius 2 is 2.00 bits per heavy atom. The lowest BCUT2D eigenvalue weighted by Crippen LogP contribution is -2.33. The first-order valence-corrected chi connectivity index (χ1v) is 7.24. The molecule has 6 nitrogen and oxygen atoms in total. The van der Waals surface area contributed by atoms with Crippen molar-refractivity contribution in [3.8, 4) is 0 Å². The molecule has 0 unspecified atom stereocenters. The summed E-state index contributed by atoms with van der Waals surface area (Å²) in [5.74, 6) is -0.850. The molecule has 0 N–H and O–H groups in total. The van der Waals surface area contributed by atoms with Gasteiger partial charge in [0.15, 0.2) is 5.69 Å². The third kappa shape index (κ3) is 3.96. The Morgan fingerprint density at radius 3 is 2.62 bits per heavy atom. The second-order valence-corrected chi connectivity index (χ2v) is 4.97. The van der Waals surface area contributed by atoms with Gasteiger partial charge >= 0.3 is 5.97 Å². The maximum atomic E-state index is 13.2. The standard InChI is InChI=1S/C13H20F2N4O2/c1-2-21-13(20)10-11(12(14)15)19(17-16-10)9-8-18-6-4-3-5-7-18/h12H,2-9H2,1H3. The Morgan fingerprint density at radius 1 is 1.29 bits per heavy atom. The van der Waals surface area contributed by atoms with E-state index in [2.05, 4.69) is 15.2 Å². The van der Waals surface area contributed by atoms with Crippen molar-refractivity contribution in [2.45, 2.75) is 39.2 Å². The molecule has 1 aromatic rings. The summed E-state index contributed by atoms with van der Waals surface area (Å²) in [4.78, 5) is 13.8. The number of hydrogen-bond donors (Lipinski definition) is 0. The molecule has 0 aromatic carbocycles. The maximum absolute atomic E-state index is 13.2. The fourth-order valence-electron chi connectivity index (χ4n) is 2.47. The fraction of sp³-hybridized carbons (Fsp3) is 0.769. The van der Waals surface area contributed by atoms with Crippen molar-refractivity contribution in [1.29, 1.82) is 0 Å². The first-order valence-electron chi connectivity index (χ1n) is 7.24. The summed E-state index contributed by atoms with van der Waals surface area (Å²) in [6, 6.07) is 0. The number of hydrogen-bond acceptors (Lipinski definition) is 5. The Kier molecular flexibility index (Phi) is 5.60. The maximum Gasteiger partial charge on any atom is 0.361 e. The Labute approximate surface area is 122 Å². The zero-order valence-electron chi connectivity index (χ0n) is 12.1. The molecule has 0 amide bonds. The Bertz CT molecular complexity index is 473. The molecule has 0 radical (unpaired) electrons. The number of esters is 1. The summed E-state index contributed by atoms with van der Waals surface area (Å²) < 4.78 is 32.2. The normalized spacial score (nSPS) is 16.4. The van der Waals surface area contributed by atoms with Crippen LogP contribution >= 0.6 is 0 Å². The zero-order valence-corrected chi connectivity index (χ0v) is 12.1. The van der Waals surface area contributed by atoms with E-state index in [0.717, 1.165) is 30.6 Å². The van der Waals surface area contributed by atoms with Gasteiger partial charge in [0, 0.05) is 6.54 Å². The van der Waals surface area contributed by atoms with Crippen LogP contribution in [0.3, 0.4) is 0 Å². The van der Waals surface area contributed by atoms with Crippen LogP contribution in [0, 0.1) is 0 Å². The summed E-state index contributed by atoms with van der Waals surface area (Å²) >= 11 is 0. The summed E-state index contributed by atoms with van der Waals surface area (Å²) in [6.45, 7) is 4.60. The molecular weight excluding hydrogens is 282 g/mol. The van der Waals surface area contributed by atoms with E-state index in [1.807, 2.05) is 0 Å². The highest BCUT2D eigenvalue weighted by Crippen LogP contribution is 2.22. The van der Waals surface area contributed by atoms with Crippen LogP contribution in [-0.2, 0) is 11.3 Å². The molecule has 1 saturated heterocycles. The lowest BCUT2D eigenvalue weighted by atomic mass is 10.1. The van der Waals surface area contributed by atoms with E-state index in [1.54, 1.807) is 6.92 Å². The van der Waals surface area contributed by atoms with Crippen molar-refractivity contribution >= 4 is 5.97 Å². The second kappa shape index (κ2) is 7.44. The van der Waals surface area contributed by atoms with E-state index in [9.17, 15) is 13.6 Å². The van der Waals surface area contributed by atoms with Gasteiger partial charge < -0.3 is 9.64 Å². The third-order valence-corrected chi connectivity index (χ3v) is 3.53. The molecule has 1 fully saturated rings. The number of halogens is 2. The number of carbonyl (C=O) groups is 1. The number of carbonyl (C=O) groups excluding carboxylic acids is 1. The molecule has 2 heterocycles. The van der Waals surface area contributed by atoms with Gasteiger partial charge in [-0.25, -0.2) is 18.3 Å². The minimum absolute atomic E-state index is 0.113. The monoisotopic (exact) mass is 302 g/mol. The van der Waals surface area contributed by atoms with Crippen molar-refractivity contribution in [3.05, 3.63) is 11.4 Å². The van der Waals surface area contributed by atoms with Crippen LogP contribution in [0.5, 0.6) is 0 Å². The molecule has 0 spiro atoms. The highest BCUT2D eigenvalue weighted by Gasteiger charge is 2.27. The fourth-order valence-corrected chi connectivity index (χ4v) is 2.47. The highest BCUT2D eigenvalue weighted by atomic mass is 19.3. The smallest absolute Gasteiger partial charge is 0.361 e. The number of piperidine rings is 1. The average molecular weight is 302 g/mol. The molecule has 8 heteroatoms. The molecule has 0 aliphatic carbocycles. The van der Waals surface area contributed by atoms with Crippen molar-refractivity contribution in [2.75, 3.05) is 26.2 Å².